The monoisotopic (exact) mass is 386 g/mol. The minimum absolute atomic E-state index is 0.136. The van der Waals surface area contributed by atoms with Crippen molar-refractivity contribution in [2.75, 3.05) is 34.4 Å². The molecule has 0 aliphatic carbocycles. The second-order valence-corrected chi connectivity index (χ2v) is 6.54. The predicted molar refractivity (Wildman–Crippen MR) is 109 cm³/mol. The van der Waals surface area contributed by atoms with Gasteiger partial charge in [0.2, 0.25) is 0 Å². The molecule has 5 nitrogen and oxygen atoms in total. The maximum absolute atomic E-state index is 13.5. The molecule has 1 unspecified atom stereocenters. The van der Waals surface area contributed by atoms with Crippen LogP contribution >= 0.6 is 0 Å². The Balaban J connectivity index is 1.94. The molecule has 0 saturated heterocycles. The van der Waals surface area contributed by atoms with Crippen LogP contribution < -0.4 is 14.8 Å². The SMILES string of the molecule is C/C=C/c1ccc(OCC(=O)NCC(c2cccc(F)c2)N(C)C)c(OC)c1. The van der Waals surface area contributed by atoms with Gasteiger partial charge in [0.1, 0.15) is 5.82 Å². The van der Waals surface area contributed by atoms with E-state index in [0.29, 0.717) is 18.0 Å². The highest BCUT2D eigenvalue weighted by atomic mass is 19.1. The summed E-state index contributed by atoms with van der Waals surface area (Å²) >= 11 is 0. The summed E-state index contributed by atoms with van der Waals surface area (Å²) in [5, 5.41) is 2.84. The van der Waals surface area contributed by atoms with Gasteiger partial charge in [0.25, 0.3) is 5.91 Å². The minimum atomic E-state index is -0.299. The van der Waals surface area contributed by atoms with E-state index in [1.807, 2.05) is 56.3 Å². The molecule has 1 N–H and O–H groups in total. The van der Waals surface area contributed by atoms with Crippen LogP contribution in [0.2, 0.25) is 0 Å². The highest BCUT2D eigenvalue weighted by Crippen LogP contribution is 2.28. The molecule has 2 aromatic carbocycles. The van der Waals surface area contributed by atoms with Crippen molar-refractivity contribution < 1.29 is 18.7 Å². The van der Waals surface area contributed by atoms with Gasteiger partial charge in [-0.2, -0.15) is 0 Å². The van der Waals surface area contributed by atoms with Gasteiger partial charge < -0.3 is 19.7 Å². The molecule has 0 heterocycles. The van der Waals surface area contributed by atoms with E-state index in [2.05, 4.69) is 5.32 Å². The van der Waals surface area contributed by atoms with Gasteiger partial charge >= 0.3 is 0 Å². The Morgan fingerprint density at radius 3 is 2.64 bits per heavy atom. The van der Waals surface area contributed by atoms with Gasteiger partial charge in [-0.25, -0.2) is 4.39 Å². The van der Waals surface area contributed by atoms with E-state index in [1.165, 1.54) is 12.1 Å². The lowest BCUT2D eigenvalue weighted by Gasteiger charge is -2.25. The summed E-state index contributed by atoms with van der Waals surface area (Å²) in [6.45, 7) is 2.14. The summed E-state index contributed by atoms with van der Waals surface area (Å²) < 4.78 is 24.4. The largest absolute Gasteiger partial charge is 0.493 e. The zero-order valence-electron chi connectivity index (χ0n) is 16.7. The molecule has 2 aromatic rings. The fourth-order valence-corrected chi connectivity index (χ4v) is 2.82. The van der Waals surface area contributed by atoms with E-state index in [-0.39, 0.29) is 24.4 Å². The molecule has 28 heavy (non-hydrogen) atoms. The minimum Gasteiger partial charge on any atom is -0.493 e. The van der Waals surface area contributed by atoms with Gasteiger partial charge in [0.15, 0.2) is 18.1 Å². The number of amides is 1. The number of rotatable bonds is 9. The Labute approximate surface area is 165 Å². The van der Waals surface area contributed by atoms with Crippen LogP contribution in [0.4, 0.5) is 4.39 Å². The van der Waals surface area contributed by atoms with Crippen LogP contribution in [0, 0.1) is 5.82 Å². The Morgan fingerprint density at radius 2 is 2.00 bits per heavy atom. The number of likely N-dealkylation sites (N-methyl/N-ethyl adjacent to an activating group) is 1. The van der Waals surface area contributed by atoms with Crippen LogP contribution in [0.1, 0.15) is 24.1 Å². The first-order valence-corrected chi connectivity index (χ1v) is 9.06. The molecule has 0 radical (unpaired) electrons. The highest BCUT2D eigenvalue weighted by Gasteiger charge is 2.16. The second-order valence-electron chi connectivity index (χ2n) is 6.54. The number of carbonyl (C=O) groups is 1. The third-order valence-electron chi connectivity index (χ3n) is 4.25. The second kappa shape index (κ2) is 10.5. The van der Waals surface area contributed by atoms with E-state index in [9.17, 15) is 9.18 Å². The lowest BCUT2D eigenvalue weighted by Crippen LogP contribution is -2.36. The lowest BCUT2D eigenvalue weighted by atomic mass is 10.1. The van der Waals surface area contributed by atoms with Crippen LogP contribution in [0.5, 0.6) is 11.5 Å². The molecule has 0 fully saturated rings. The number of nitrogens with one attached hydrogen (secondary N) is 1. The zero-order valence-corrected chi connectivity index (χ0v) is 16.7. The van der Waals surface area contributed by atoms with Gasteiger partial charge in [-0.3, -0.25) is 4.79 Å². The molecule has 0 spiro atoms. The summed E-state index contributed by atoms with van der Waals surface area (Å²) in [4.78, 5) is 14.2. The van der Waals surface area contributed by atoms with E-state index >= 15 is 0 Å². The molecule has 0 aromatic heterocycles. The molecule has 0 bridgehead atoms. The van der Waals surface area contributed by atoms with Crippen molar-refractivity contribution in [3.8, 4) is 11.5 Å². The number of halogens is 1. The fraction of sp³-hybridized carbons (Fsp3) is 0.318. The number of ether oxygens (including phenoxy) is 2. The number of methoxy groups -OCH3 is 1. The van der Waals surface area contributed by atoms with Crippen molar-refractivity contribution in [3.05, 3.63) is 65.5 Å². The summed E-state index contributed by atoms with van der Waals surface area (Å²) in [5.41, 5.74) is 1.78. The van der Waals surface area contributed by atoms with Crippen LogP contribution in [0.25, 0.3) is 6.08 Å². The maximum atomic E-state index is 13.5. The van der Waals surface area contributed by atoms with Crippen molar-refractivity contribution in [2.24, 2.45) is 0 Å². The molecule has 1 atom stereocenters. The number of benzene rings is 2. The first-order chi connectivity index (χ1) is 13.4. The topological polar surface area (TPSA) is 50.8 Å². The third kappa shape index (κ3) is 6.09. The maximum Gasteiger partial charge on any atom is 0.258 e. The molecule has 2 rings (SSSR count). The number of hydrogen-bond donors (Lipinski definition) is 1. The molecule has 0 aliphatic heterocycles. The third-order valence-corrected chi connectivity index (χ3v) is 4.25. The smallest absolute Gasteiger partial charge is 0.258 e. The molecule has 150 valence electrons. The molecular formula is C22H27FN2O3. The average Bonchev–Trinajstić information content (AvgIpc) is 2.67. The Hall–Kier alpha value is -2.86. The van der Waals surface area contributed by atoms with Gasteiger partial charge in [0.05, 0.1) is 13.2 Å². The summed E-state index contributed by atoms with van der Waals surface area (Å²) in [6, 6.07) is 11.7. The normalized spacial score (nSPS) is 12.2. The first-order valence-electron chi connectivity index (χ1n) is 9.06. The summed E-state index contributed by atoms with van der Waals surface area (Å²) in [5.74, 6) is 0.504. The van der Waals surface area contributed by atoms with Gasteiger partial charge in [-0.15, -0.1) is 0 Å². The fourth-order valence-electron chi connectivity index (χ4n) is 2.82. The molecule has 1 amide bonds. The van der Waals surface area contributed by atoms with Crippen LogP contribution in [-0.4, -0.2) is 45.2 Å². The van der Waals surface area contributed by atoms with Crippen LogP contribution in [0.15, 0.2) is 48.5 Å². The Bertz CT molecular complexity index is 821. The standard InChI is InChI=1S/C22H27FN2O3/c1-5-7-16-10-11-20(21(12-16)27-4)28-15-22(26)24-14-19(25(2)3)17-8-6-9-18(23)13-17/h5-13,19H,14-15H2,1-4H3,(H,24,26)/b7-5+. The van der Waals surface area contributed by atoms with Gasteiger partial charge in [-0.05, 0) is 56.4 Å². The summed E-state index contributed by atoms with van der Waals surface area (Å²) in [7, 11) is 5.33. The van der Waals surface area contributed by atoms with Crippen molar-refractivity contribution in [1.82, 2.24) is 10.2 Å². The number of hydrogen-bond acceptors (Lipinski definition) is 4. The molecule has 6 heteroatoms. The molecule has 0 aliphatic rings. The predicted octanol–water partition coefficient (Wildman–Crippen LogP) is 3.67. The Kier molecular flexibility index (Phi) is 8.02. The number of nitrogens with zero attached hydrogens (tertiary/aromatic N) is 1. The number of allylic oxidation sites excluding steroid dienone is 1. The van der Waals surface area contributed by atoms with E-state index in [0.717, 1.165) is 11.1 Å². The quantitative estimate of drug-likeness (QED) is 0.715. The lowest BCUT2D eigenvalue weighted by molar-refractivity contribution is -0.123. The van der Waals surface area contributed by atoms with Crippen LogP contribution in [-0.2, 0) is 4.79 Å². The molecule has 0 saturated carbocycles. The summed E-state index contributed by atoms with van der Waals surface area (Å²) in [6.07, 6.45) is 3.88. The van der Waals surface area contributed by atoms with Crippen molar-refractivity contribution in [1.29, 1.82) is 0 Å². The average molecular weight is 386 g/mol. The van der Waals surface area contributed by atoms with Crippen LogP contribution in [0.3, 0.4) is 0 Å². The van der Waals surface area contributed by atoms with Crippen molar-refractivity contribution in [2.45, 2.75) is 13.0 Å². The van der Waals surface area contributed by atoms with Crippen molar-refractivity contribution >= 4 is 12.0 Å². The van der Waals surface area contributed by atoms with Gasteiger partial charge in [0, 0.05) is 6.54 Å². The van der Waals surface area contributed by atoms with Gasteiger partial charge in [-0.1, -0.05) is 30.4 Å². The van der Waals surface area contributed by atoms with E-state index < -0.39 is 0 Å². The Morgan fingerprint density at radius 1 is 1.21 bits per heavy atom. The zero-order chi connectivity index (χ0) is 20.5. The molecular weight excluding hydrogens is 359 g/mol. The van der Waals surface area contributed by atoms with E-state index in [1.54, 1.807) is 19.2 Å². The van der Waals surface area contributed by atoms with Crippen molar-refractivity contribution in [3.63, 3.8) is 0 Å². The number of carbonyl (C=O) groups excluding carboxylic acids is 1. The first kappa shape index (κ1) is 21.4. The highest BCUT2D eigenvalue weighted by molar-refractivity contribution is 5.77. The van der Waals surface area contributed by atoms with E-state index in [4.69, 9.17) is 9.47 Å².